The molecule has 138 valence electrons. The lowest BCUT2D eigenvalue weighted by Gasteiger charge is -2.18. The van der Waals surface area contributed by atoms with E-state index < -0.39 is 28.9 Å². The van der Waals surface area contributed by atoms with E-state index in [1.165, 1.54) is 0 Å². The number of rotatable bonds is 8. The molecule has 1 aliphatic rings. The molecule has 4 nitrogen and oxygen atoms in total. The number of hydrogen-bond acceptors (Lipinski definition) is 2. The Labute approximate surface area is 142 Å². The van der Waals surface area contributed by atoms with Crippen molar-refractivity contribution in [3.05, 3.63) is 35.1 Å². The fourth-order valence-electron chi connectivity index (χ4n) is 2.70. The molecule has 2 rings (SSSR count). The minimum absolute atomic E-state index is 0.0132. The zero-order valence-corrected chi connectivity index (χ0v) is 13.5. The molecule has 25 heavy (non-hydrogen) atoms. The summed E-state index contributed by atoms with van der Waals surface area (Å²) in [6, 6.07) is 2.48. The van der Waals surface area contributed by atoms with E-state index in [4.69, 9.17) is 5.11 Å². The van der Waals surface area contributed by atoms with Crippen molar-refractivity contribution in [2.24, 2.45) is 0 Å². The summed E-state index contributed by atoms with van der Waals surface area (Å²) in [5.41, 5.74) is -1.45. The van der Waals surface area contributed by atoms with Gasteiger partial charge in [-0.25, -0.2) is 4.39 Å². The van der Waals surface area contributed by atoms with Gasteiger partial charge >= 0.3 is 12.1 Å². The Bertz CT molecular complexity index is 654. The Hall–Kier alpha value is -2.12. The van der Waals surface area contributed by atoms with Crippen LogP contribution >= 0.6 is 0 Å². The highest BCUT2D eigenvalue weighted by Gasteiger charge is 2.45. The number of alkyl halides is 3. The Morgan fingerprint density at radius 3 is 2.32 bits per heavy atom. The lowest BCUT2D eigenvalue weighted by molar-refractivity contribution is -0.138. The molecule has 0 heterocycles. The third-order valence-corrected chi connectivity index (χ3v) is 4.36. The fourth-order valence-corrected chi connectivity index (χ4v) is 2.70. The van der Waals surface area contributed by atoms with Gasteiger partial charge in [-0.15, -0.1) is 0 Å². The van der Waals surface area contributed by atoms with Crippen molar-refractivity contribution in [3.8, 4) is 0 Å². The molecule has 2 N–H and O–H groups in total. The van der Waals surface area contributed by atoms with Gasteiger partial charge in [-0.05, 0) is 49.4 Å². The summed E-state index contributed by atoms with van der Waals surface area (Å²) < 4.78 is 52.0. The van der Waals surface area contributed by atoms with Crippen LogP contribution in [0, 0.1) is 5.82 Å². The number of halogens is 4. The maximum Gasteiger partial charge on any atom is 0.416 e. The van der Waals surface area contributed by atoms with Crippen LogP contribution < -0.4 is 5.32 Å². The van der Waals surface area contributed by atoms with E-state index in [0.717, 1.165) is 12.1 Å². The van der Waals surface area contributed by atoms with Crippen LogP contribution in [0.1, 0.15) is 49.7 Å². The largest absolute Gasteiger partial charge is 0.481 e. The molecule has 0 atom stereocenters. The van der Waals surface area contributed by atoms with Crippen LogP contribution in [0.5, 0.6) is 0 Å². The van der Waals surface area contributed by atoms with Gasteiger partial charge in [0, 0.05) is 24.8 Å². The summed E-state index contributed by atoms with van der Waals surface area (Å²) in [5, 5.41) is 11.2. The van der Waals surface area contributed by atoms with Gasteiger partial charge in [0.05, 0.1) is 5.56 Å². The van der Waals surface area contributed by atoms with Gasteiger partial charge in [0.1, 0.15) is 5.82 Å². The molecule has 1 aromatic rings. The molecule has 1 fully saturated rings. The molecule has 0 bridgehead atoms. The van der Waals surface area contributed by atoms with Crippen molar-refractivity contribution in [2.45, 2.75) is 50.1 Å². The van der Waals surface area contributed by atoms with E-state index in [9.17, 15) is 27.2 Å². The first-order chi connectivity index (χ1) is 11.6. The highest BCUT2D eigenvalue weighted by atomic mass is 19.4. The summed E-state index contributed by atoms with van der Waals surface area (Å²) in [6.45, 7) is 0.144. The molecule has 1 amide bonds. The van der Waals surface area contributed by atoms with Gasteiger partial charge in [0.25, 0.3) is 0 Å². The zero-order valence-electron chi connectivity index (χ0n) is 13.5. The highest BCUT2D eigenvalue weighted by molar-refractivity contribution is 5.76. The number of nitrogens with one attached hydrogen (secondary N) is 1. The Morgan fingerprint density at radius 2 is 1.76 bits per heavy atom. The summed E-state index contributed by atoms with van der Waals surface area (Å²) in [4.78, 5) is 22.2. The molecule has 1 aromatic carbocycles. The average Bonchev–Trinajstić information content (AvgIpc) is 3.29. The van der Waals surface area contributed by atoms with Crippen LogP contribution in [0.2, 0.25) is 0 Å². The van der Waals surface area contributed by atoms with E-state index in [1.807, 2.05) is 0 Å². The third-order valence-electron chi connectivity index (χ3n) is 4.36. The molecule has 0 unspecified atom stereocenters. The second-order valence-electron chi connectivity index (χ2n) is 6.38. The van der Waals surface area contributed by atoms with Crippen molar-refractivity contribution in [1.29, 1.82) is 0 Å². The smallest absolute Gasteiger partial charge is 0.416 e. The van der Waals surface area contributed by atoms with Crippen molar-refractivity contribution in [3.63, 3.8) is 0 Å². The highest BCUT2D eigenvalue weighted by Crippen LogP contribution is 2.48. The summed E-state index contributed by atoms with van der Waals surface area (Å²) >= 11 is 0. The lowest BCUT2D eigenvalue weighted by Crippen LogP contribution is -2.32. The first-order valence-electron chi connectivity index (χ1n) is 7.99. The third kappa shape index (κ3) is 5.44. The van der Waals surface area contributed by atoms with E-state index in [1.54, 1.807) is 0 Å². The van der Waals surface area contributed by atoms with Crippen LogP contribution in [0.15, 0.2) is 18.2 Å². The molecule has 0 aromatic heterocycles. The second-order valence-corrected chi connectivity index (χ2v) is 6.38. The first kappa shape index (κ1) is 19.2. The number of carbonyl (C=O) groups excluding carboxylic acids is 1. The normalized spacial score (nSPS) is 15.7. The Balaban J connectivity index is 1.93. The van der Waals surface area contributed by atoms with Crippen LogP contribution in [0.3, 0.4) is 0 Å². The number of amides is 1. The van der Waals surface area contributed by atoms with Crippen molar-refractivity contribution < 1.29 is 32.3 Å². The van der Waals surface area contributed by atoms with E-state index >= 15 is 0 Å². The SMILES string of the molecule is O=C(O)CCCCC(=O)NCC1(c2cc(F)cc(C(F)(F)F)c2)CC1. The van der Waals surface area contributed by atoms with Gasteiger partial charge < -0.3 is 10.4 Å². The predicted octanol–water partition coefficient (Wildman–Crippen LogP) is 3.64. The summed E-state index contributed by atoms with van der Waals surface area (Å²) in [6.07, 6.45) is -2.53. The number of unbranched alkanes of at least 4 members (excludes halogenated alkanes) is 1. The number of carbonyl (C=O) groups is 2. The Kier molecular flexibility index (Phi) is 5.69. The summed E-state index contributed by atoms with van der Waals surface area (Å²) in [7, 11) is 0. The monoisotopic (exact) mass is 361 g/mol. The molecule has 0 saturated heterocycles. The number of benzene rings is 1. The second kappa shape index (κ2) is 7.41. The molecule has 0 spiro atoms. The van der Waals surface area contributed by atoms with Crippen molar-refractivity contribution in [1.82, 2.24) is 5.32 Å². The maximum atomic E-state index is 13.6. The lowest BCUT2D eigenvalue weighted by atomic mass is 9.93. The van der Waals surface area contributed by atoms with Gasteiger partial charge in [-0.2, -0.15) is 13.2 Å². The molecule has 8 heteroatoms. The number of carboxylic acids is 1. The van der Waals surface area contributed by atoms with Gasteiger partial charge in [-0.3, -0.25) is 9.59 Å². The topological polar surface area (TPSA) is 66.4 Å². The van der Waals surface area contributed by atoms with Crippen LogP contribution in [0.4, 0.5) is 17.6 Å². The predicted molar refractivity (Wildman–Crippen MR) is 81.4 cm³/mol. The quantitative estimate of drug-likeness (QED) is 0.549. The first-order valence-corrected chi connectivity index (χ1v) is 7.99. The average molecular weight is 361 g/mol. The molecule has 0 radical (unpaired) electrons. The van der Waals surface area contributed by atoms with Crippen LogP contribution in [-0.2, 0) is 21.2 Å². The van der Waals surface area contributed by atoms with Crippen LogP contribution in [-0.4, -0.2) is 23.5 Å². The minimum atomic E-state index is -4.62. The number of hydrogen-bond donors (Lipinski definition) is 2. The molecule has 1 saturated carbocycles. The molecule has 0 aliphatic heterocycles. The van der Waals surface area contributed by atoms with E-state index in [0.29, 0.717) is 31.7 Å². The van der Waals surface area contributed by atoms with Crippen molar-refractivity contribution in [2.75, 3.05) is 6.54 Å². The van der Waals surface area contributed by atoms with E-state index in [2.05, 4.69) is 5.32 Å². The maximum absolute atomic E-state index is 13.6. The molecular formula is C17H19F4NO3. The number of carboxylic acid groups (broad SMARTS) is 1. The fraction of sp³-hybridized carbons (Fsp3) is 0.529. The van der Waals surface area contributed by atoms with Gasteiger partial charge in [-0.1, -0.05) is 0 Å². The summed E-state index contributed by atoms with van der Waals surface area (Å²) in [5.74, 6) is -2.16. The van der Waals surface area contributed by atoms with E-state index in [-0.39, 0.29) is 30.9 Å². The van der Waals surface area contributed by atoms with Crippen molar-refractivity contribution >= 4 is 11.9 Å². The van der Waals surface area contributed by atoms with Gasteiger partial charge in [0.2, 0.25) is 5.91 Å². The standard InChI is InChI=1S/C17H19F4NO3/c18-13-8-11(7-12(9-13)17(19,20)21)16(5-6-16)10-22-14(23)3-1-2-4-15(24)25/h7-9H,1-6,10H2,(H,22,23)(H,24,25). The zero-order chi connectivity index (χ0) is 18.7. The van der Waals surface area contributed by atoms with Gasteiger partial charge in [0.15, 0.2) is 0 Å². The minimum Gasteiger partial charge on any atom is -0.481 e. The van der Waals surface area contributed by atoms with Crippen LogP contribution in [0.25, 0.3) is 0 Å². The molecular weight excluding hydrogens is 342 g/mol. The number of aliphatic carboxylic acids is 1. The Morgan fingerprint density at radius 1 is 1.12 bits per heavy atom. The molecule has 1 aliphatic carbocycles.